The van der Waals surface area contributed by atoms with Gasteiger partial charge in [0.1, 0.15) is 5.75 Å². The molecule has 2 N–H and O–H groups in total. The second kappa shape index (κ2) is 5.80. The average molecular weight is 301 g/mol. The fourth-order valence-corrected chi connectivity index (χ4v) is 2.70. The summed E-state index contributed by atoms with van der Waals surface area (Å²) in [7, 11) is 2.01. The van der Waals surface area contributed by atoms with Crippen molar-refractivity contribution in [1.29, 1.82) is 0 Å². The molecule has 0 aliphatic heterocycles. The monoisotopic (exact) mass is 300 g/mol. The summed E-state index contributed by atoms with van der Waals surface area (Å²) in [4.78, 5) is 0. The van der Waals surface area contributed by atoms with Gasteiger partial charge in [0.05, 0.1) is 5.52 Å². The van der Waals surface area contributed by atoms with E-state index in [1.807, 2.05) is 43.4 Å². The van der Waals surface area contributed by atoms with Gasteiger partial charge in [-0.1, -0.05) is 29.8 Å². The second-order valence-electron chi connectivity index (χ2n) is 4.95. The maximum absolute atomic E-state index is 6.08. The number of hydrogen-bond donors (Lipinski definition) is 1. The molecule has 0 aliphatic rings. The van der Waals surface area contributed by atoms with E-state index in [9.17, 15) is 0 Å². The van der Waals surface area contributed by atoms with Gasteiger partial charge in [0.2, 0.25) is 5.88 Å². The number of aromatic nitrogens is 1. The number of rotatable bonds is 4. The first kappa shape index (κ1) is 14.0. The molecule has 0 saturated carbocycles. The molecule has 0 atom stereocenters. The Morgan fingerprint density at radius 2 is 1.81 bits per heavy atom. The van der Waals surface area contributed by atoms with Crippen LogP contribution in [0.15, 0.2) is 48.5 Å². The maximum Gasteiger partial charge on any atom is 0.204 e. The summed E-state index contributed by atoms with van der Waals surface area (Å²) in [5, 5.41) is 1.89. The lowest BCUT2D eigenvalue weighted by Crippen LogP contribution is -2.04. The highest BCUT2D eigenvalue weighted by atomic mass is 35.5. The van der Waals surface area contributed by atoms with Crippen LogP contribution in [0.25, 0.3) is 10.9 Å². The van der Waals surface area contributed by atoms with Gasteiger partial charge in [-0.3, -0.25) is 0 Å². The maximum atomic E-state index is 6.08. The van der Waals surface area contributed by atoms with Crippen LogP contribution in [0.4, 0.5) is 0 Å². The first-order valence-corrected chi connectivity index (χ1v) is 7.28. The predicted molar refractivity (Wildman–Crippen MR) is 87.2 cm³/mol. The van der Waals surface area contributed by atoms with E-state index in [-0.39, 0.29) is 0 Å². The van der Waals surface area contributed by atoms with Gasteiger partial charge in [0, 0.05) is 23.0 Å². The SMILES string of the molecule is Cn1c(Oc2ccc(Cl)cc2)c(CCN)c2ccccc21. The lowest BCUT2D eigenvalue weighted by Gasteiger charge is -2.09. The Morgan fingerprint density at radius 1 is 1.10 bits per heavy atom. The molecule has 108 valence electrons. The molecule has 1 aromatic heterocycles. The Hall–Kier alpha value is -1.97. The molecule has 0 aliphatic carbocycles. The van der Waals surface area contributed by atoms with Crippen LogP contribution in [0.5, 0.6) is 11.6 Å². The molecule has 0 bridgehead atoms. The number of nitrogens with zero attached hydrogens (tertiary/aromatic N) is 1. The zero-order valence-corrected chi connectivity index (χ0v) is 12.6. The van der Waals surface area contributed by atoms with E-state index < -0.39 is 0 Å². The zero-order chi connectivity index (χ0) is 14.8. The number of ether oxygens (including phenoxy) is 1. The summed E-state index contributed by atoms with van der Waals surface area (Å²) in [6, 6.07) is 15.6. The summed E-state index contributed by atoms with van der Waals surface area (Å²) in [6.07, 6.45) is 0.782. The average Bonchev–Trinajstić information content (AvgIpc) is 2.76. The standard InChI is InChI=1S/C17H17ClN2O/c1-20-16-5-3-2-4-14(16)15(10-11-19)17(20)21-13-8-6-12(18)7-9-13/h2-9H,10-11,19H2,1H3. The Morgan fingerprint density at radius 3 is 2.52 bits per heavy atom. The van der Waals surface area contributed by atoms with Crippen molar-refractivity contribution in [2.24, 2.45) is 12.8 Å². The van der Waals surface area contributed by atoms with Crippen molar-refractivity contribution in [3.05, 3.63) is 59.1 Å². The van der Waals surface area contributed by atoms with Crippen molar-refractivity contribution < 1.29 is 4.74 Å². The third-order valence-electron chi connectivity index (χ3n) is 3.58. The number of para-hydroxylation sites is 1. The number of nitrogens with two attached hydrogens (primary N) is 1. The number of benzene rings is 2. The van der Waals surface area contributed by atoms with Crippen LogP contribution in [-0.4, -0.2) is 11.1 Å². The third kappa shape index (κ3) is 2.62. The van der Waals surface area contributed by atoms with Gasteiger partial charge < -0.3 is 15.0 Å². The van der Waals surface area contributed by atoms with Gasteiger partial charge in [-0.05, 0) is 43.3 Å². The van der Waals surface area contributed by atoms with Crippen LogP contribution in [-0.2, 0) is 13.5 Å². The van der Waals surface area contributed by atoms with Crippen LogP contribution in [0.1, 0.15) is 5.56 Å². The van der Waals surface area contributed by atoms with Crippen molar-refractivity contribution in [3.63, 3.8) is 0 Å². The molecule has 0 amide bonds. The van der Waals surface area contributed by atoms with E-state index in [2.05, 4.69) is 16.7 Å². The normalized spacial score (nSPS) is 11.0. The van der Waals surface area contributed by atoms with Crippen LogP contribution in [0, 0.1) is 0 Å². The smallest absolute Gasteiger partial charge is 0.204 e. The highest BCUT2D eigenvalue weighted by Crippen LogP contribution is 2.34. The minimum absolute atomic E-state index is 0.588. The highest BCUT2D eigenvalue weighted by molar-refractivity contribution is 6.30. The fraction of sp³-hybridized carbons (Fsp3) is 0.176. The topological polar surface area (TPSA) is 40.2 Å². The van der Waals surface area contributed by atoms with Crippen molar-refractivity contribution in [3.8, 4) is 11.6 Å². The van der Waals surface area contributed by atoms with Crippen molar-refractivity contribution >= 4 is 22.5 Å². The van der Waals surface area contributed by atoms with Crippen molar-refractivity contribution in [2.45, 2.75) is 6.42 Å². The van der Waals surface area contributed by atoms with Gasteiger partial charge in [-0.25, -0.2) is 0 Å². The predicted octanol–water partition coefficient (Wildman–Crippen LogP) is 4.13. The summed E-state index contributed by atoms with van der Waals surface area (Å²) in [5.74, 6) is 1.60. The van der Waals surface area contributed by atoms with Gasteiger partial charge in [-0.15, -0.1) is 0 Å². The summed E-state index contributed by atoms with van der Waals surface area (Å²) in [5.41, 5.74) is 8.05. The molecule has 0 unspecified atom stereocenters. The molecular formula is C17H17ClN2O. The lowest BCUT2D eigenvalue weighted by molar-refractivity contribution is 0.440. The molecular weight excluding hydrogens is 284 g/mol. The third-order valence-corrected chi connectivity index (χ3v) is 3.83. The molecule has 0 fully saturated rings. The quantitative estimate of drug-likeness (QED) is 0.787. The van der Waals surface area contributed by atoms with Crippen LogP contribution >= 0.6 is 11.6 Å². The molecule has 0 saturated heterocycles. The minimum Gasteiger partial charge on any atom is -0.441 e. The number of halogens is 1. The lowest BCUT2D eigenvalue weighted by atomic mass is 10.1. The Balaban J connectivity index is 2.09. The largest absolute Gasteiger partial charge is 0.441 e. The minimum atomic E-state index is 0.588. The van der Waals surface area contributed by atoms with E-state index in [1.54, 1.807) is 0 Å². The molecule has 1 heterocycles. The van der Waals surface area contributed by atoms with E-state index in [0.717, 1.165) is 29.1 Å². The summed E-state index contributed by atoms with van der Waals surface area (Å²) < 4.78 is 8.15. The molecule has 2 aromatic carbocycles. The number of aryl methyl sites for hydroxylation is 1. The first-order chi connectivity index (χ1) is 10.2. The van der Waals surface area contributed by atoms with Crippen LogP contribution in [0.2, 0.25) is 5.02 Å². The zero-order valence-electron chi connectivity index (χ0n) is 11.8. The molecule has 3 nitrogen and oxygen atoms in total. The molecule has 0 spiro atoms. The van der Waals surface area contributed by atoms with E-state index in [0.29, 0.717) is 11.6 Å². The molecule has 3 aromatic rings. The van der Waals surface area contributed by atoms with Gasteiger partial charge in [-0.2, -0.15) is 0 Å². The van der Waals surface area contributed by atoms with Gasteiger partial charge in [0.25, 0.3) is 0 Å². The molecule has 0 radical (unpaired) electrons. The fourth-order valence-electron chi connectivity index (χ4n) is 2.58. The second-order valence-corrected chi connectivity index (χ2v) is 5.39. The van der Waals surface area contributed by atoms with Crippen LogP contribution in [0.3, 0.4) is 0 Å². The molecule has 21 heavy (non-hydrogen) atoms. The van der Waals surface area contributed by atoms with Crippen molar-refractivity contribution in [2.75, 3.05) is 6.54 Å². The Bertz CT molecular complexity index is 762. The van der Waals surface area contributed by atoms with E-state index >= 15 is 0 Å². The van der Waals surface area contributed by atoms with Crippen molar-refractivity contribution in [1.82, 2.24) is 4.57 Å². The van der Waals surface area contributed by atoms with E-state index in [4.69, 9.17) is 22.1 Å². The Kier molecular flexibility index (Phi) is 3.86. The summed E-state index contributed by atoms with van der Waals surface area (Å²) in [6.45, 7) is 0.588. The van der Waals surface area contributed by atoms with Crippen LogP contribution < -0.4 is 10.5 Å². The first-order valence-electron chi connectivity index (χ1n) is 6.90. The van der Waals surface area contributed by atoms with Gasteiger partial charge in [0.15, 0.2) is 0 Å². The Labute approximate surface area is 128 Å². The molecule has 4 heteroatoms. The highest BCUT2D eigenvalue weighted by Gasteiger charge is 2.16. The summed E-state index contributed by atoms with van der Waals surface area (Å²) >= 11 is 5.91. The van der Waals surface area contributed by atoms with Gasteiger partial charge >= 0.3 is 0 Å². The van der Waals surface area contributed by atoms with E-state index in [1.165, 1.54) is 5.39 Å². The molecule has 3 rings (SSSR count). The number of hydrogen-bond acceptors (Lipinski definition) is 2. The number of fused-ring (bicyclic) bond motifs is 1.